The van der Waals surface area contributed by atoms with Gasteiger partial charge in [0, 0.05) is 19.3 Å². The summed E-state index contributed by atoms with van der Waals surface area (Å²) in [6.07, 6.45) is 6.83. The van der Waals surface area contributed by atoms with Gasteiger partial charge in [0.2, 0.25) is 5.78 Å². The van der Waals surface area contributed by atoms with Crippen molar-refractivity contribution in [2.24, 2.45) is 17.9 Å². The summed E-state index contributed by atoms with van der Waals surface area (Å²) in [5, 5.41) is 8.64. The van der Waals surface area contributed by atoms with Crippen LogP contribution in [0, 0.1) is 0 Å². The number of furan rings is 1. The zero-order valence-corrected chi connectivity index (χ0v) is 17.9. The molecule has 1 fully saturated rings. The molecule has 5 heterocycles. The van der Waals surface area contributed by atoms with E-state index >= 15 is 0 Å². The van der Waals surface area contributed by atoms with Crippen molar-refractivity contribution in [1.82, 2.24) is 33.8 Å². The summed E-state index contributed by atoms with van der Waals surface area (Å²) in [4.78, 5) is 34.4. The molecule has 4 aromatic heterocycles. The van der Waals surface area contributed by atoms with Gasteiger partial charge in [0.1, 0.15) is 18.1 Å². The van der Waals surface area contributed by atoms with Crippen LogP contribution in [-0.4, -0.2) is 52.9 Å². The van der Waals surface area contributed by atoms with Crippen LogP contribution >= 0.6 is 0 Å². The van der Waals surface area contributed by atoms with E-state index in [0.717, 1.165) is 12.8 Å². The SMILES string of the molecule is Cn1c(=O)n(CCn2cc(C(=O)NC3CC3)cn2)c2nc3c(n21)C(c1ccco1)=NCN3N. The van der Waals surface area contributed by atoms with Crippen molar-refractivity contribution < 1.29 is 9.21 Å². The number of nitrogens with zero attached hydrogens (tertiary/aromatic N) is 8. The first-order valence-corrected chi connectivity index (χ1v) is 10.6. The molecule has 2 aliphatic rings. The van der Waals surface area contributed by atoms with Crippen molar-refractivity contribution in [2.75, 3.05) is 11.7 Å². The van der Waals surface area contributed by atoms with Crippen molar-refractivity contribution in [2.45, 2.75) is 32.0 Å². The molecule has 0 atom stereocenters. The average molecular weight is 450 g/mol. The summed E-state index contributed by atoms with van der Waals surface area (Å²) in [5.74, 6) is 7.51. The highest BCUT2D eigenvalue weighted by Gasteiger charge is 2.31. The van der Waals surface area contributed by atoms with Crippen LogP contribution in [0.1, 0.15) is 34.7 Å². The van der Waals surface area contributed by atoms with Crippen LogP contribution < -0.4 is 21.9 Å². The number of anilines is 1. The summed E-state index contributed by atoms with van der Waals surface area (Å²) >= 11 is 0. The number of imidazole rings is 1. The summed E-state index contributed by atoms with van der Waals surface area (Å²) in [7, 11) is 1.66. The number of rotatable bonds is 6. The predicted octanol–water partition coefficient (Wildman–Crippen LogP) is -0.295. The lowest BCUT2D eigenvalue weighted by molar-refractivity contribution is 0.0951. The lowest BCUT2D eigenvalue weighted by Crippen LogP contribution is -2.37. The Morgan fingerprint density at radius 2 is 2.18 bits per heavy atom. The molecular weight excluding hydrogens is 428 g/mol. The average Bonchev–Trinajstić information content (AvgIpc) is 3.22. The number of aromatic nitrogens is 6. The van der Waals surface area contributed by atoms with E-state index in [2.05, 4.69) is 20.4 Å². The Hall–Kier alpha value is -4.13. The Labute approximate surface area is 186 Å². The second-order valence-electron chi connectivity index (χ2n) is 8.19. The molecular formula is C20H22N10O3. The van der Waals surface area contributed by atoms with Gasteiger partial charge >= 0.3 is 5.69 Å². The van der Waals surface area contributed by atoms with Gasteiger partial charge in [-0.3, -0.25) is 24.0 Å². The molecule has 13 nitrogen and oxygen atoms in total. The molecule has 0 unspecified atom stereocenters. The second kappa shape index (κ2) is 7.20. The Kier molecular flexibility index (Phi) is 4.26. The molecule has 0 spiro atoms. The number of carbonyl (C=O) groups is 1. The number of nitrogens with two attached hydrogens (primary N) is 1. The number of hydrogen-bond donors (Lipinski definition) is 2. The van der Waals surface area contributed by atoms with Gasteiger partial charge in [-0.1, -0.05) is 0 Å². The molecule has 0 radical (unpaired) electrons. The normalized spacial score (nSPS) is 15.7. The van der Waals surface area contributed by atoms with Crippen molar-refractivity contribution in [3.63, 3.8) is 0 Å². The zero-order valence-electron chi connectivity index (χ0n) is 17.9. The minimum atomic E-state index is -0.243. The van der Waals surface area contributed by atoms with E-state index in [0.29, 0.717) is 47.4 Å². The first-order valence-electron chi connectivity index (χ1n) is 10.6. The fourth-order valence-corrected chi connectivity index (χ4v) is 4.00. The van der Waals surface area contributed by atoms with E-state index in [4.69, 9.17) is 10.3 Å². The molecule has 13 heteroatoms. The maximum Gasteiger partial charge on any atom is 0.345 e. The Balaban J connectivity index is 1.33. The quantitative estimate of drug-likeness (QED) is 0.384. The van der Waals surface area contributed by atoms with Crippen molar-refractivity contribution in [3.05, 3.63) is 58.3 Å². The van der Waals surface area contributed by atoms with E-state index in [-0.39, 0.29) is 24.3 Å². The third-order valence-corrected chi connectivity index (χ3v) is 5.86. The highest BCUT2D eigenvalue weighted by atomic mass is 16.3. The fraction of sp³-hybridized carbons (Fsp3) is 0.350. The van der Waals surface area contributed by atoms with Gasteiger partial charge in [-0.25, -0.2) is 19.8 Å². The molecule has 0 saturated heterocycles. The minimum Gasteiger partial charge on any atom is -0.463 e. The van der Waals surface area contributed by atoms with Gasteiger partial charge in [0.25, 0.3) is 5.91 Å². The fourth-order valence-electron chi connectivity index (χ4n) is 4.00. The number of fused-ring (bicyclic) bond motifs is 3. The van der Waals surface area contributed by atoms with E-state index in [1.807, 2.05) is 0 Å². The highest BCUT2D eigenvalue weighted by Crippen LogP contribution is 2.27. The van der Waals surface area contributed by atoms with Gasteiger partial charge in [-0.15, -0.1) is 0 Å². The maximum absolute atomic E-state index is 13.0. The molecule has 1 saturated carbocycles. The summed E-state index contributed by atoms with van der Waals surface area (Å²) in [5.41, 5.74) is 1.43. The Morgan fingerprint density at radius 1 is 1.33 bits per heavy atom. The van der Waals surface area contributed by atoms with Gasteiger partial charge in [0.15, 0.2) is 11.6 Å². The standard InChI is InChI=1S/C20H22N10O3/c1-26-20(32)28(7-6-27-10-12(9-23-27)18(31)24-13-4-5-13)19-25-17-16(30(19)26)15(22-11-29(17)21)14-3-2-8-33-14/h2-3,8-10,13H,4-7,11,21H2,1H3,(H,24,31). The lowest BCUT2D eigenvalue weighted by Gasteiger charge is -2.20. The second-order valence-corrected chi connectivity index (χ2v) is 8.19. The van der Waals surface area contributed by atoms with Crippen LogP contribution in [-0.2, 0) is 20.1 Å². The summed E-state index contributed by atoms with van der Waals surface area (Å²) in [6, 6.07) is 3.86. The third kappa shape index (κ3) is 3.16. The van der Waals surface area contributed by atoms with E-state index in [1.165, 1.54) is 15.9 Å². The predicted molar refractivity (Wildman–Crippen MR) is 117 cm³/mol. The first kappa shape index (κ1) is 19.5. The van der Waals surface area contributed by atoms with Crippen molar-refractivity contribution >= 4 is 23.2 Å². The topological polar surface area (TPSA) is 146 Å². The summed E-state index contributed by atoms with van der Waals surface area (Å²) in [6.45, 7) is 0.914. The highest BCUT2D eigenvalue weighted by molar-refractivity contribution is 6.14. The van der Waals surface area contributed by atoms with Crippen LogP contribution in [0.2, 0.25) is 0 Å². The van der Waals surface area contributed by atoms with Crippen LogP contribution in [0.15, 0.2) is 45.0 Å². The van der Waals surface area contributed by atoms with Gasteiger partial charge in [-0.2, -0.15) is 10.1 Å². The molecule has 4 aromatic rings. The van der Waals surface area contributed by atoms with Crippen molar-refractivity contribution in [3.8, 4) is 0 Å². The summed E-state index contributed by atoms with van der Waals surface area (Å²) < 4.78 is 11.9. The number of hydrazine groups is 1. The van der Waals surface area contributed by atoms with Crippen molar-refractivity contribution in [1.29, 1.82) is 0 Å². The van der Waals surface area contributed by atoms with Crippen LogP contribution in [0.25, 0.3) is 5.78 Å². The molecule has 1 aliphatic heterocycles. The first-order chi connectivity index (χ1) is 16.0. The zero-order chi connectivity index (χ0) is 22.7. The minimum absolute atomic E-state index is 0.128. The molecule has 170 valence electrons. The van der Waals surface area contributed by atoms with Crippen LogP contribution in [0.4, 0.5) is 5.82 Å². The molecule has 3 N–H and O–H groups in total. The number of amides is 1. The molecule has 33 heavy (non-hydrogen) atoms. The smallest absolute Gasteiger partial charge is 0.345 e. The van der Waals surface area contributed by atoms with Crippen LogP contribution in [0.3, 0.4) is 0 Å². The molecule has 1 amide bonds. The molecule has 0 bridgehead atoms. The lowest BCUT2D eigenvalue weighted by atomic mass is 10.2. The largest absolute Gasteiger partial charge is 0.463 e. The number of carbonyl (C=O) groups excluding carboxylic acids is 1. The molecule has 6 rings (SSSR count). The number of aliphatic imine (C=N–C) groups is 1. The van der Waals surface area contributed by atoms with Gasteiger partial charge in [0.05, 0.1) is 31.1 Å². The monoisotopic (exact) mass is 450 g/mol. The molecule has 1 aliphatic carbocycles. The Morgan fingerprint density at radius 3 is 2.94 bits per heavy atom. The van der Waals surface area contributed by atoms with E-state index in [1.54, 1.807) is 45.4 Å². The number of nitrogens with one attached hydrogen (secondary N) is 1. The van der Waals surface area contributed by atoms with E-state index < -0.39 is 0 Å². The molecule has 0 aromatic carbocycles. The van der Waals surface area contributed by atoms with Gasteiger partial charge < -0.3 is 9.73 Å². The maximum atomic E-state index is 13.0. The van der Waals surface area contributed by atoms with Gasteiger partial charge in [-0.05, 0) is 25.0 Å². The number of aryl methyl sites for hydroxylation is 3. The van der Waals surface area contributed by atoms with Crippen LogP contribution in [0.5, 0.6) is 0 Å². The number of hydrogen-bond acceptors (Lipinski definition) is 8. The van der Waals surface area contributed by atoms with E-state index in [9.17, 15) is 9.59 Å². The Bertz CT molecular complexity index is 1450. The third-order valence-electron chi connectivity index (χ3n) is 5.86.